The highest BCUT2D eigenvalue weighted by molar-refractivity contribution is 5.78. The van der Waals surface area contributed by atoms with Crippen LogP contribution in [-0.4, -0.2) is 61.6 Å². The molecule has 1 amide bonds. The fraction of sp³-hybridized carbons (Fsp3) is 0.714. The number of nitrogens with zero attached hydrogens (tertiary/aromatic N) is 1. The van der Waals surface area contributed by atoms with Crippen LogP contribution in [0.2, 0.25) is 0 Å². The Kier molecular flexibility index (Phi) is 9.28. The number of carbonyl (C=O) groups is 2. The summed E-state index contributed by atoms with van der Waals surface area (Å²) in [5.74, 6) is -0.367. The summed E-state index contributed by atoms with van der Waals surface area (Å²) in [5, 5.41) is 0. The first-order valence-corrected chi connectivity index (χ1v) is 13.0. The van der Waals surface area contributed by atoms with Crippen molar-refractivity contribution in [2.24, 2.45) is 5.92 Å². The lowest BCUT2D eigenvalue weighted by atomic mass is 9.63. The van der Waals surface area contributed by atoms with E-state index in [4.69, 9.17) is 23.7 Å². The topological polar surface area (TPSA) is 83.5 Å². The monoisotopic (exact) mass is 505 g/mol. The molecule has 3 rings (SSSR count). The third-order valence-electron chi connectivity index (χ3n) is 7.41. The van der Waals surface area contributed by atoms with Crippen LogP contribution in [-0.2, 0) is 30.3 Å². The van der Waals surface area contributed by atoms with Gasteiger partial charge in [0.1, 0.15) is 0 Å². The maximum atomic E-state index is 13.6. The zero-order chi connectivity index (χ0) is 26.5. The maximum absolute atomic E-state index is 13.6. The van der Waals surface area contributed by atoms with Crippen molar-refractivity contribution < 1.29 is 33.3 Å². The van der Waals surface area contributed by atoms with Crippen LogP contribution in [0.3, 0.4) is 0 Å². The lowest BCUT2D eigenvalue weighted by Gasteiger charge is -2.60. The van der Waals surface area contributed by atoms with Gasteiger partial charge in [-0.1, -0.05) is 6.07 Å². The van der Waals surface area contributed by atoms with Crippen LogP contribution in [0.15, 0.2) is 18.2 Å². The molecular weight excluding hydrogens is 462 g/mol. The Morgan fingerprint density at radius 1 is 0.972 bits per heavy atom. The summed E-state index contributed by atoms with van der Waals surface area (Å²) in [6.45, 7) is 8.33. The van der Waals surface area contributed by atoms with Crippen molar-refractivity contribution >= 4 is 11.9 Å². The van der Waals surface area contributed by atoms with E-state index < -0.39 is 11.3 Å². The molecule has 0 aromatic heterocycles. The number of rotatable bonds is 10. The molecule has 0 bridgehead atoms. The van der Waals surface area contributed by atoms with Crippen molar-refractivity contribution in [2.45, 2.75) is 103 Å². The number of hydrogen-bond donors (Lipinski definition) is 0. The average molecular weight is 506 g/mol. The van der Waals surface area contributed by atoms with Crippen molar-refractivity contribution in [3.05, 3.63) is 23.8 Å². The van der Waals surface area contributed by atoms with Crippen LogP contribution in [0.25, 0.3) is 0 Å². The van der Waals surface area contributed by atoms with Crippen LogP contribution in [0.5, 0.6) is 11.5 Å². The molecule has 1 spiro atoms. The first-order valence-electron chi connectivity index (χ1n) is 13.0. The fourth-order valence-electron chi connectivity index (χ4n) is 6.20. The number of amides is 1. The molecule has 0 radical (unpaired) electrons. The number of ether oxygens (including phenoxy) is 5. The largest absolute Gasteiger partial charge is 0.493 e. The SMILES string of the molecule is COC(=O)C[C@H]1C(OC(C)C)(OC(C)C)CCC[C@@]12CCCC(=O)N2Cc1ccc(OC)c(OC)c1. The second-order valence-corrected chi connectivity index (χ2v) is 10.5. The molecule has 1 heterocycles. The van der Waals surface area contributed by atoms with Gasteiger partial charge in [-0.05, 0) is 71.1 Å². The second kappa shape index (κ2) is 11.8. The standard InChI is InChI=1S/C28H43NO7/c1-19(2)35-28(36-20(3)4)15-9-14-27(24(28)17-26(31)34-7)13-8-10-25(30)29(27)18-21-11-12-22(32-5)23(16-21)33-6/h11-12,16,19-20,24H,8-10,13-15,17-18H2,1-7H3/t24-,27+/m1/s1. The number of esters is 1. The fourth-order valence-corrected chi connectivity index (χ4v) is 6.20. The summed E-state index contributed by atoms with van der Waals surface area (Å²) in [4.78, 5) is 28.4. The molecule has 0 unspecified atom stereocenters. The molecule has 1 aromatic rings. The van der Waals surface area contributed by atoms with Crippen LogP contribution >= 0.6 is 0 Å². The Balaban J connectivity index is 2.11. The molecule has 36 heavy (non-hydrogen) atoms. The molecule has 202 valence electrons. The Hall–Kier alpha value is -2.32. The molecule has 2 aliphatic rings. The molecule has 1 aliphatic heterocycles. The predicted octanol–water partition coefficient (Wildman–Crippen LogP) is 4.86. The maximum Gasteiger partial charge on any atom is 0.306 e. The van der Waals surface area contributed by atoms with Crippen LogP contribution in [0.1, 0.15) is 78.2 Å². The number of methoxy groups -OCH3 is 3. The first kappa shape index (κ1) is 28.3. The predicted molar refractivity (Wildman–Crippen MR) is 136 cm³/mol. The lowest BCUT2D eigenvalue weighted by Crippen LogP contribution is -2.68. The first-order chi connectivity index (χ1) is 17.1. The summed E-state index contributed by atoms with van der Waals surface area (Å²) in [6, 6.07) is 5.72. The Labute approximate surface area is 215 Å². The minimum atomic E-state index is -0.998. The second-order valence-electron chi connectivity index (χ2n) is 10.5. The molecule has 1 saturated carbocycles. The smallest absolute Gasteiger partial charge is 0.306 e. The zero-order valence-corrected chi connectivity index (χ0v) is 22.9. The van der Waals surface area contributed by atoms with Gasteiger partial charge >= 0.3 is 5.97 Å². The highest BCUT2D eigenvalue weighted by atomic mass is 16.7. The van der Waals surface area contributed by atoms with Gasteiger partial charge < -0.3 is 28.6 Å². The van der Waals surface area contributed by atoms with E-state index in [2.05, 4.69) is 0 Å². The van der Waals surface area contributed by atoms with Gasteiger partial charge in [-0.3, -0.25) is 9.59 Å². The van der Waals surface area contributed by atoms with E-state index in [0.29, 0.717) is 30.9 Å². The van der Waals surface area contributed by atoms with Gasteiger partial charge in [-0.25, -0.2) is 0 Å². The Morgan fingerprint density at radius 2 is 1.61 bits per heavy atom. The summed E-state index contributed by atoms with van der Waals surface area (Å²) in [7, 11) is 4.60. The summed E-state index contributed by atoms with van der Waals surface area (Å²) < 4.78 is 29.2. The summed E-state index contributed by atoms with van der Waals surface area (Å²) >= 11 is 0. The lowest BCUT2D eigenvalue weighted by molar-refractivity contribution is -0.329. The summed E-state index contributed by atoms with van der Waals surface area (Å²) in [6.07, 6.45) is 4.16. The van der Waals surface area contributed by atoms with Gasteiger partial charge in [0.15, 0.2) is 17.3 Å². The van der Waals surface area contributed by atoms with Crippen molar-refractivity contribution in [1.29, 1.82) is 0 Å². The number of benzene rings is 1. The van der Waals surface area contributed by atoms with Crippen molar-refractivity contribution in [2.75, 3.05) is 21.3 Å². The van der Waals surface area contributed by atoms with Crippen LogP contribution in [0, 0.1) is 5.92 Å². The third kappa shape index (κ3) is 5.80. The molecule has 8 nitrogen and oxygen atoms in total. The molecule has 2 fully saturated rings. The molecule has 1 saturated heterocycles. The molecule has 1 aliphatic carbocycles. The molecule has 2 atom stereocenters. The molecule has 0 N–H and O–H groups in total. The molecule has 1 aromatic carbocycles. The van der Waals surface area contributed by atoms with E-state index in [1.54, 1.807) is 14.2 Å². The van der Waals surface area contributed by atoms with E-state index in [9.17, 15) is 9.59 Å². The van der Waals surface area contributed by atoms with Crippen LogP contribution in [0.4, 0.5) is 0 Å². The van der Waals surface area contributed by atoms with E-state index in [0.717, 1.165) is 31.2 Å². The normalized spacial score (nSPS) is 23.9. The number of carbonyl (C=O) groups excluding carboxylic acids is 2. The Morgan fingerprint density at radius 3 is 2.19 bits per heavy atom. The zero-order valence-electron chi connectivity index (χ0n) is 22.9. The quantitative estimate of drug-likeness (QED) is 0.332. The Bertz CT molecular complexity index is 901. The minimum Gasteiger partial charge on any atom is -0.493 e. The van der Waals surface area contributed by atoms with Crippen molar-refractivity contribution in [1.82, 2.24) is 4.90 Å². The third-order valence-corrected chi connectivity index (χ3v) is 7.41. The van der Waals surface area contributed by atoms with E-state index in [1.165, 1.54) is 7.11 Å². The van der Waals surface area contributed by atoms with E-state index >= 15 is 0 Å². The highest BCUT2D eigenvalue weighted by Crippen LogP contribution is 2.53. The highest BCUT2D eigenvalue weighted by Gasteiger charge is 2.60. The van der Waals surface area contributed by atoms with Crippen molar-refractivity contribution in [3.63, 3.8) is 0 Å². The van der Waals surface area contributed by atoms with Crippen LogP contribution < -0.4 is 9.47 Å². The van der Waals surface area contributed by atoms with Gasteiger partial charge in [0.2, 0.25) is 5.91 Å². The van der Waals surface area contributed by atoms with Gasteiger partial charge in [-0.15, -0.1) is 0 Å². The van der Waals surface area contributed by atoms with E-state index in [1.807, 2.05) is 50.8 Å². The average Bonchev–Trinajstić information content (AvgIpc) is 2.82. The van der Waals surface area contributed by atoms with Gasteiger partial charge in [0, 0.05) is 25.3 Å². The van der Waals surface area contributed by atoms with Gasteiger partial charge in [0.05, 0.1) is 45.5 Å². The van der Waals surface area contributed by atoms with Crippen molar-refractivity contribution in [3.8, 4) is 11.5 Å². The van der Waals surface area contributed by atoms with E-state index in [-0.39, 0.29) is 36.4 Å². The number of hydrogen-bond acceptors (Lipinski definition) is 7. The minimum absolute atomic E-state index is 0.0794. The van der Waals surface area contributed by atoms with Gasteiger partial charge in [-0.2, -0.15) is 0 Å². The summed E-state index contributed by atoms with van der Waals surface area (Å²) in [5.41, 5.74) is 0.337. The van der Waals surface area contributed by atoms with Gasteiger partial charge in [0.25, 0.3) is 0 Å². The number of likely N-dealkylation sites (tertiary alicyclic amines) is 1. The molecular formula is C28H43NO7. The molecule has 8 heteroatoms. The number of piperidine rings is 1.